The van der Waals surface area contributed by atoms with E-state index in [4.69, 9.17) is 9.47 Å². The van der Waals surface area contributed by atoms with Crippen molar-refractivity contribution in [3.8, 4) is 5.75 Å². The minimum atomic E-state index is 0.782. The van der Waals surface area contributed by atoms with Gasteiger partial charge in [-0.25, -0.2) is 0 Å². The maximum absolute atomic E-state index is 5.55. The largest absolute Gasteiger partial charge is 0.493 e. The summed E-state index contributed by atoms with van der Waals surface area (Å²) in [4.78, 5) is 0. The molecule has 1 aliphatic rings. The van der Waals surface area contributed by atoms with Gasteiger partial charge >= 0.3 is 0 Å². The lowest BCUT2D eigenvalue weighted by Gasteiger charge is -2.06. The van der Waals surface area contributed by atoms with Gasteiger partial charge in [0.1, 0.15) is 5.75 Å². The van der Waals surface area contributed by atoms with Crippen LogP contribution in [0.5, 0.6) is 5.75 Å². The Hall–Kier alpha value is -1.32. The van der Waals surface area contributed by atoms with Crippen molar-refractivity contribution in [3.05, 3.63) is 41.0 Å². The van der Waals surface area contributed by atoms with Crippen molar-refractivity contribution < 1.29 is 9.47 Å². The highest BCUT2D eigenvalue weighted by molar-refractivity contribution is 5.39. The Morgan fingerprint density at radius 1 is 1.38 bits per heavy atom. The number of ether oxygens (including phenoxy) is 2. The third-order valence-electron chi connectivity index (χ3n) is 3.86. The topological polar surface area (TPSA) is 30.5 Å². The smallest absolute Gasteiger partial charge is 0.122 e. The van der Waals surface area contributed by atoms with E-state index in [1.54, 1.807) is 7.11 Å². The van der Waals surface area contributed by atoms with E-state index in [0.29, 0.717) is 0 Å². The first kappa shape index (κ1) is 16.1. The third kappa shape index (κ3) is 5.52. The predicted molar refractivity (Wildman–Crippen MR) is 87.1 cm³/mol. The molecular weight excluding hydrogens is 262 g/mol. The van der Waals surface area contributed by atoms with Gasteiger partial charge in [-0.3, -0.25) is 0 Å². The highest BCUT2D eigenvalue weighted by Crippen LogP contribution is 2.26. The Balaban J connectivity index is 1.67. The van der Waals surface area contributed by atoms with Crippen LogP contribution in [0.15, 0.2) is 29.8 Å². The molecule has 0 unspecified atom stereocenters. The number of nitrogens with one attached hydrogen (secondary N) is 1. The SMILES string of the molecule is COCCNCCC=C(C)CCc1ccc2c(c1)CCO2. The summed E-state index contributed by atoms with van der Waals surface area (Å²) in [6, 6.07) is 6.63. The highest BCUT2D eigenvalue weighted by atomic mass is 16.5. The van der Waals surface area contributed by atoms with Gasteiger partial charge in [0.25, 0.3) is 0 Å². The van der Waals surface area contributed by atoms with E-state index in [1.165, 1.54) is 16.7 Å². The van der Waals surface area contributed by atoms with E-state index in [9.17, 15) is 0 Å². The fourth-order valence-corrected chi connectivity index (χ4v) is 2.56. The normalized spacial score (nSPS) is 14.1. The van der Waals surface area contributed by atoms with Crippen LogP contribution in [0.4, 0.5) is 0 Å². The second-order valence-electron chi connectivity index (χ2n) is 5.62. The van der Waals surface area contributed by atoms with Crippen molar-refractivity contribution in [2.75, 3.05) is 33.4 Å². The third-order valence-corrected chi connectivity index (χ3v) is 3.86. The molecule has 0 atom stereocenters. The Morgan fingerprint density at radius 2 is 2.29 bits per heavy atom. The van der Waals surface area contributed by atoms with Gasteiger partial charge in [0, 0.05) is 20.1 Å². The van der Waals surface area contributed by atoms with Crippen molar-refractivity contribution >= 4 is 0 Å². The Kier molecular flexibility index (Phi) is 6.77. The standard InChI is InChI=1S/C18H27NO2/c1-15(4-3-10-19-11-13-20-2)5-6-16-7-8-18-17(14-16)9-12-21-18/h4,7-8,14,19H,3,5-6,9-13H2,1-2H3. The summed E-state index contributed by atoms with van der Waals surface area (Å²) in [5.74, 6) is 1.08. The van der Waals surface area contributed by atoms with Crippen LogP contribution in [0.2, 0.25) is 0 Å². The number of methoxy groups -OCH3 is 1. The van der Waals surface area contributed by atoms with Crippen molar-refractivity contribution in [1.82, 2.24) is 5.32 Å². The highest BCUT2D eigenvalue weighted by Gasteiger charge is 2.11. The van der Waals surface area contributed by atoms with Gasteiger partial charge in [0.2, 0.25) is 0 Å². The zero-order valence-corrected chi connectivity index (χ0v) is 13.3. The minimum Gasteiger partial charge on any atom is -0.493 e. The Bertz CT molecular complexity index is 468. The van der Waals surface area contributed by atoms with Crippen LogP contribution in [-0.2, 0) is 17.6 Å². The maximum Gasteiger partial charge on any atom is 0.122 e. The second-order valence-corrected chi connectivity index (χ2v) is 5.62. The monoisotopic (exact) mass is 289 g/mol. The van der Waals surface area contributed by atoms with E-state index in [-0.39, 0.29) is 0 Å². The molecule has 116 valence electrons. The van der Waals surface area contributed by atoms with Crippen LogP contribution in [0.1, 0.15) is 30.9 Å². The molecule has 0 bridgehead atoms. The molecule has 1 aromatic rings. The van der Waals surface area contributed by atoms with Crippen LogP contribution in [0, 0.1) is 0 Å². The molecule has 1 aromatic carbocycles. The van der Waals surface area contributed by atoms with Gasteiger partial charge in [-0.1, -0.05) is 23.8 Å². The van der Waals surface area contributed by atoms with E-state index < -0.39 is 0 Å². The lowest BCUT2D eigenvalue weighted by Crippen LogP contribution is -2.19. The van der Waals surface area contributed by atoms with Crippen LogP contribution in [-0.4, -0.2) is 33.4 Å². The van der Waals surface area contributed by atoms with E-state index in [0.717, 1.165) is 57.7 Å². The van der Waals surface area contributed by atoms with Crippen LogP contribution in [0.3, 0.4) is 0 Å². The van der Waals surface area contributed by atoms with Gasteiger partial charge in [-0.05, 0) is 49.9 Å². The molecule has 0 spiro atoms. The molecule has 0 amide bonds. The number of rotatable bonds is 9. The van der Waals surface area contributed by atoms with Gasteiger partial charge in [-0.15, -0.1) is 0 Å². The predicted octanol–water partition coefficient (Wildman–Crippen LogP) is 3.13. The van der Waals surface area contributed by atoms with Crippen LogP contribution in [0.25, 0.3) is 0 Å². The van der Waals surface area contributed by atoms with Crippen molar-refractivity contribution in [2.24, 2.45) is 0 Å². The van der Waals surface area contributed by atoms with Gasteiger partial charge < -0.3 is 14.8 Å². The summed E-state index contributed by atoms with van der Waals surface area (Å²) in [7, 11) is 1.73. The molecule has 3 nitrogen and oxygen atoms in total. The first-order valence-electron chi connectivity index (χ1n) is 7.89. The second kappa shape index (κ2) is 8.85. The Morgan fingerprint density at radius 3 is 3.14 bits per heavy atom. The molecule has 0 saturated heterocycles. The zero-order chi connectivity index (χ0) is 14.9. The minimum absolute atomic E-state index is 0.782. The average Bonchev–Trinajstić information content (AvgIpc) is 2.96. The number of fused-ring (bicyclic) bond motifs is 1. The summed E-state index contributed by atoms with van der Waals surface area (Å²) in [6.07, 6.45) is 6.75. The first-order chi connectivity index (χ1) is 10.3. The van der Waals surface area contributed by atoms with Crippen molar-refractivity contribution in [3.63, 3.8) is 0 Å². The molecule has 0 fully saturated rings. The van der Waals surface area contributed by atoms with Crippen molar-refractivity contribution in [2.45, 2.75) is 32.6 Å². The van der Waals surface area contributed by atoms with Crippen LogP contribution >= 0.6 is 0 Å². The fraction of sp³-hybridized carbons (Fsp3) is 0.556. The lowest BCUT2D eigenvalue weighted by atomic mass is 10.0. The lowest BCUT2D eigenvalue weighted by molar-refractivity contribution is 0.199. The molecule has 1 aliphatic heterocycles. The number of hydrogen-bond donors (Lipinski definition) is 1. The van der Waals surface area contributed by atoms with Crippen molar-refractivity contribution in [1.29, 1.82) is 0 Å². The number of benzene rings is 1. The van der Waals surface area contributed by atoms with E-state index >= 15 is 0 Å². The molecule has 2 rings (SSSR count). The van der Waals surface area contributed by atoms with E-state index in [2.05, 4.69) is 36.5 Å². The number of aryl methyl sites for hydroxylation is 1. The maximum atomic E-state index is 5.55. The van der Waals surface area contributed by atoms with Crippen LogP contribution < -0.4 is 10.1 Å². The molecule has 21 heavy (non-hydrogen) atoms. The molecule has 3 heteroatoms. The van der Waals surface area contributed by atoms with Gasteiger partial charge in [0.15, 0.2) is 0 Å². The summed E-state index contributed by atoms with van der Waals surface area (Å²) < 4.78 is 10.5. The molecule has 1 N–H and O–H groups in total. The summed E-state index contributed by atoms with van der Waals surface area (Å²) in [5.41, 5.74) is 4.27. The molecule has 1 heterocycles. The summed E-state index contributed by atoms with van der Waals surface area (Å²) in [5, 5.41) is 3.36. The fourth-order valence-electron chi connectivity index (χ4n) is 2.56. The molecular formula is C18H27NO2. The van der Waals surface area contributed by atoms with Gasteiger partial charge in [0.05, 0.1) is 13.2 Å². The molecule has 0 saturated carbocycles. The molecule has 0 aromatic heterocycles. The number of allylic oxidation sites excluding steroid dienone is 1. The van der Waals surface area contributed by atoms with Gasteiger partial charge in [-0.2, -0.15) is 0 Å². The molecule has 0 aliphatic carbocycles. The van der Waals surface area contributed by atoms with E-state index in [1.807, 2.05) is 0 Å². The average molecular weight is 289 g/mol. The molecule has 0 radical (unpaired) electrons. The number of hydrogen-bond acceptors (Lipinski definition) is 3. The first-order valence-corrected chi connectivity index (χ1v) is 7.89. The summed E-state index contributed by atoms with van der Waals surface area (Å²) >= 11 is 0. The zero-order valence-electron chi connectivity index (χ0n) is 13.3. The summed E-state index contributed by atoms with van der Waals surface area (Å²) in [6.45, 7) is 5.81. The quantitative estimate of drug-likeness (QED) is 0.559. The Labute approximate surface area is 128 Å².